The molecule has 0 unspecified atom stereocenters. The lowest BCUT2D eigenvalue weighted by Crippen LogP contribution is -2.58. The second kappa shape index (κ2) is 14.1. The number of anilines is 1. The molecule has 1 aromatic rings. The number of nitrogens with one attached hydrogen (secondary N) is 3. The Morgan fingerprint density at radius 3 is 2.53 bits per heavy atom. The van der Waals surface area contributed by atoms with Gasteiger partial charge in [0.2, 0.25) is 27.7 Å². The number of fused-ring (bicyclic) bond motifs is 3. The molecule has 3 aliphatic heterocycles. The largest absolute Gasteiger partial charge is 0.444 e. The molecule has 0 aromatic heterocycles. The number of rotatable bonds is 6. The molecule has 6 rings (SSSR count). The Kier molecular flexibility index (Phi) is 10.1. The summed E-state index contributed by atoms with van der Waals surface area (Å²) < 4.78 is 33.2. The molecule has 5 aliphatic rings. The van der Waals surface area contributed by atoms with Crippen molar-refractivity contribution < 1.29 is 37.1 Å². The highest BCUT2D eigenvalue weighted by atomic mass is 32.2. The van der Waals surface area contributed by atoms with Crippen molar-refractivity contribution in [1.82, 2.24) is 25.2 Å². The van der Waals surface area contributed by atoms with Gasteiger partial charge in [0.05, 0.1) is 5.25 Å². The molecule has 2 saturated carbocycles. The summed E-state index contributed by atoms with van der Waals surface area (Å²) in [4.78, 5) is 71.9. The fourth-order valence-electron chi connectivity index (χ4n) is 7.45. The van der Waals surface area contributed by atoms with Gasteiger partial charge in [0.25, 0.3) is 5.91 Å². The number of benzene rings is 1. The smallest absolute Gasteiger partial charge is 0.408 e. The summed E-state index contributed by atoms with van der Waals surface area (Å²) in [6, 6.07) is 3.52. The van der Waals surface area contributed by atoms with Gasteiger partial charge in [0, 0.05) is 37.7 Å². The standard InChI is InChI=1S/C36H50N6O8S/c1-35(2,3)50-34(47)38-28-10-8-6-4-5-7-9-25-18-36(25,33(46)40-51(48,49)27-13-14-27)39-31(44)29-15-22(19-42(29)32(28)45)16-30(43)41-20-23-11-12-26(37)17-24(23)21-41/h7,9,11-12,17,22,25,27-29H,4-6,8,10,13-16,18-21,37H2,1-3H3,(H,38,47)(H,39,44)(H,40,46)/b9-7-/t22-,25-,28-,29-,36+/m0/s1. The van der Waals surface area contributed by atoms with E-state index in [1.54, 1.807) is 31.7 Å². The zero-order valence-corrected chi connectivity index (χ0v) is 30.4. The van der Waals surface area contributed by atoms with Crippen LogP contribution in [0.4, 0.5) is 10.5 Å². The van der Waals surface area contributed by atoms with Gasteiger partial charge >= 0.3 is 6.09 Å². The number of nitrogens with two attached hydrogens (primary N) is 1. The van der Waals surface area contributed by atoms with Crippen LogP contribution in [-0.2, 0) is 47.0 Å². The molecule has 5 atom stereocenters. The number of hydrogen-bond donors (Lipinski definition) is 4. The summed E-state index contributed by atoms with van der Waals surface area (Å²) >= 11 is 0. The van der Waals surface area contributed by atoms with Crippen LogP contribution in [0.25, 0.3) is 0 Å². The van der Waals surface area contributed by atoms with E-state index in [0.717, 1.165) is 24.0 Å². The summed E-state index contributed by atoms with van der Waals surface area (Å²) in [7, 11) is -3.88. The normalized spacial score (nSPS) is 29.0. The molecule has 3 heterocycles. The molecule has 15 heteroatoms. The van der Waals surface area contributed by atoms with Crippen LogP contribution in [0.15, 0.2) is 30.4 Å². The zero-order valence-electron chi connectivity index (χ0n) is 29.6. The van der Waals surface area contributed by atoms with Gasteiger partial charge in [-0.25, -0.2) is 13.2 Å². The Bertz CT molecular complexity index is 1720. The zero-order chi connectivity index (χ0) is 36.7. The fraction of sp³-hybridized carbons (Fsp3) is 0.639. The Labute approximate surface area is 299 Å². The van der Waals surface area contributed by atoms with E-state index in [9.17, 15) is 32.4 Å². The third kappa shape index (κ3) is 8.50. The van der Waals surface area contributed by atoms with Crippen LogP contribution in [0.2, 0.25) is 0 Å². The van der Waals surface area contributed by atoms with Gasteiger partial charge in [-0.15, -0.1) is 0 Å². The van der Waals surface area contributed by atoms with Gasteiger partial charge in [-0.2, -0.15) is 0 Å². The number of carbonyl (C=O) groups is 5. The lowest BCUT2D eigenvalue weighted by atomic mass is 10.00. The maximum atomic E-state index is 14.4. The van der Waals surface area contributed by atoms with Crippen molar-refractivity contribution >= 4 is 45.4 Å². The number of nitrogens with zero attached hydrogens (tertiary/aromatic N) is 2. The third-order valence-electron chi connectivity index (χ3n) is 10.4. The number of carbonyl (C=O) groups excluding carboxylic acids is 5. The van der Waals surface area contributed by atoms with Crippen LogP contribution < -0.4 is 21.1 Å². The molecule has 5 N–H and O–H groups in total. The lowest BCUT2D eigenvalue weighted by molar-refractivity contribution is -0.141. The summed E-state index contributed by atoms with van der Waals surface area (Å²) in [5.41, 5.74) is 6.28. The van der Waals surface area contributed by atoms with Crippen LogP contribution in [-0.4, -0.2) is 83.0 Å². The second-order valence-corrected chi connectivity index (χ2v) is 17.8. The lowest BCUT2D eigenvalue weighted by Gasteiger charge is -2.30. The van der Waals surface area contributed by atoms with Crippen LogP contribution in [0.5, 0.6) is 0 Å². The predicted octanol–water partition coefficient (Wildman–Crippen LogP) is 2.62. The maximum Gasteiger partial charge on any atom is 0.408 e. The molecule has 1 saturated heterocycles. The van der Waals surface area contributed by atoms with E-state index in [1.807, 2.05) is 24.3 Å². The monoisotopic (exact) mass is 726 g/mol. The molecule has 51 heavy (non-hydrogen) atoms. The first kappa shape index (κ1) is 36.6. The SMILES string of the molecule is CC(C)(C)OC(=O)N[C@H]1CCCCC/C=C\[C@H]2C[C@@]2(C(=O)NS(=O)(=O)C2CC2)NC(=O)[C@@H]2C[C@@H](CC(=O)N3Cc4ccc(N)cc4C3)CN2C1=O. The number of amides is 5. The van der Waals surface area contributed by atoms with E-state index in [1.165, 1.54) is 4.90 Å². The predicted molar refractivity (Wildman–Crippen MR) is 188 cm³/mol. The highest BCUT2D eigenvalue weighted by Gasteiger charge is 2.62. The molecular weight excluding hydrogens is 676 g/mol. The molecule has 0 radical (unpaired) electrons. The van der Waals surface area contributed by atoms with Gasteiger partial charge in [0.15, 0.2) is 0 Å². The average molecular weight is 727 g/mol. The topological polar surface area (TPSA) is 197 Å². The minimum atomic E-state index is -3.88. The van der Waals surface area contributed by atoms with Crippen LogP contribution in [0, 0.1) is 11.8 Å². The van der Waals surface area contributed by atoms with E-state index in [4.69, 9.17) is 10.5 Å². The summed E-state index contributed by atoms with van der Waals surface area (Å²) in [5.74, 6) is -2.80. The summed E-state index contributed by atoms with van der Waals surface area (Å²) in [5, 5.41) is 4.97. The molecule has 2 aliphatic carbocycles. The number of alkyl carbamates (subject to hydrolysis) is 1. The van der Waals surface area contributed by atoms with Gasteiger partial charge in [-0.1, -0.05) is 31.1 Å². The molecule has 278 valence electrons. The van der Waals surface area contributed by atoms with Gasteiger partial charge < -0.3 is 30.9 Å². The van der Waals surface area contributed by atoms with Crippen molar-refractivity contribution in [2.75, 3.05) is 12.3 Å². The number of hydrogen-bond acceptors (Lipinski definition) is 9. The molecule has 0 spiro atoms. The molecule has 0 bridgehead atoms. The molecular formula is C36H50N6O8S. The summed E-state index contributed by atoms with van der Waals surface area (Å²) in [6.45, 7) is 6.11. The van der Waals surface area contributed by atoms with Crippen LogP contribution >= 0.6 is 0 Å². The average Bonchev–Trinajstić information content (AvgIpc) is 3.93. The first-order chi connectivity index (χ1) is 24.0. The second-order valence-electron chi connectivity index (χ2n) is 15.8. The highest BCUT2D eigenvalue weighted by molar-refractivity contribution is 7.91. The summed E-state index contributed by atoms with van der Waals surface area (Å²) in [6.07, 6.45) is 7.63. The Hall–Kier alpha value is -4.14. The van der Waals surface area contributed by atoms with Crippen molar-refractivity contribution in [2.45, 2.75) is 127 Å². The van der Waals surface area contributed by atoms with Gasteiger partial charge in [-0.3, -0.25) is 23.9 Å². The van der Waals surface area contributed by atoms with E-state index < -0.39 is 68.2 Å². The quantitative estimate of drug-likeness (QED) is 0.252. The fourth-order valence-corrected chi connectivity index (χ4v) is 8.82. The number of nitrogen functional groups attached to an aromatic ring is 1. The number of ether oxygens (including phenoxy) is 1. The van der Waals surface area contributed by atoms with Gasteiger partial charge in [-0.05, 0) is 94.9 Å². The molecule has 3 fully saturated rings. The minimum absolute atomic E-state index is 0.0812. The van der Waals surface area contributed by atoms with E-state index >= 15 is 0 Å². The highest BCUT2D eigenvalue weighted by Crippen LogP contribution is 2.46. The Balaban J connectivity index is 1.25. The Morgan fingerprint density at radius 2 is 1.80 bits per heavy atom. The van der Waals surface area contributed by atoms with Gasteiger partial charge in [0.1, 0.15) is 23.2 Å². The third-order valence-corrected chi connectivity index (χ3v) is 12.2. The minimum Gasteiger partial charge on any atom is -0.444 e. The van der Waals surface area contributed by atoms with Crippen molar-refractivity contribution in [3.05, 3.63) is 41.5 Å². The van der Waals surface area contributed by atoms with E-state index in [-0.39, 0.29) is 37.6 Å². The molecule has 14 nitrogen and oxygen atoms in total. The molecule has 1 aromatic carbocycles. The Morgan fingerprint density at radius 1 is 1.06 bits per heavy atom. The number of allylic oxidation sites excluding steroid dienone is 1. The van der Waals surface area contributed by atoms with Crippen molar-refractivity contribution in [1.29, 1.82) is 0 Å². The van der Waals surface area contributed by atoms with Crippen molar-refractivity contribution in [3.63, 3.8) is 0 Å². The maximum absolute atomic E-state index is 14.4. The van der Waals surface area contributed by atoms with Crippen molar-refractivity contribution in [3.8, 4) is 0 Å². The van der Waals surface area contributed by atoms with Crippen LogP contribution in [0.1, 0.15) is 96.1 Å². The molecule has 5 amide bonds. The van der Waals surface area contributed by atoms with Crippen LogP contribution in [0.3, 0.4) is 0 Å². The number of sulfonamides is 1. The van der Waals surface area contributed by atoms with E-state index in [2.05, 4.69) is 15.4 Å². The first-order valence-corrected chi connectivity index (χ1v) is 19.6. The van der Waals surface area contributed by atoms with Crippen molar-refractivity contribution in [2.24, 2.45) is 11.8 Å². The first-order valence-electron chi connectivity index (χ1n) is 18.0. The van der Waals surface area contributed by atoms with E-state index in [0.29, 0.717) is 50.9 Å².